The van der Waals surface area contributed by atoms with Crippen molar-refractivity contribution in [3.63, 3.8) is 0 Å². The van der Waals surface area contributed by atoms with Crippen molar-refractivity contribution in [2.24, 2.45) is 5.92 Å². The third-order valence-corrected chi connectivity index (χ3v) is 6.29. The van der Waals surface area contributed by atoms with E-state index in [1.165, 1.54) is 0 Å². The van der Waals surface area contributed by atoms with Crippen LogP contribution in [-0.2, 0) is 14.6 Å². The van der Waals surface area contributed by atoms with E-state index in [2.05, 4.69) is 5.32 Å². The lowest BCUT2D eigenvalue weighted by Gasteiger charge is -2.23. The Hall–Kier alpha value is -1.07. The van der Waals surface area contributed by atoms with E-state index in [4.69, 9.17) is 11.6 Å². The highest BCUT2D eigenvalue weighted by molar-refractivity contribution is 7.91. The summed E-state index contributed by atoms with van der Waals surface area (Å²) in [5.41, 5.74) is 1.14. The lowest BCUT2D eigenvalue weighted by atomic mass is 10.1. The molecule has 0 aromatic heterocycles. The summed E-state index contributed by atoms with van der Waals surface area (Å²) in [6.45, 7) is 0. The zero-order valence-electron chi connectivity index (χ0n) is 11.6. The van der Waals surface area contributed by atoms with Crippen LogP contribution in [0, 0.1) is 5.92 Å². The van der Waals surface area contributed by atoms with Gasteiger partial charge in [-0.05, 0) is 42.9 Å². The van der Waals surface area contributed by atoms with Gasteiger partial charge in [-0.15, -0.1) is 0 Å². The van der Waals surface area contributed by atoms with Gasteiger partial charge in [0.15, 0.2) is 0 Å². The molecule has 114 valence electrons. The van der Waals surface area contributed by atoms with Gasteiger partial charge in [0.05, 0.1) is 11.5 Å². The lowest BCUT2D eigenvalue weighted by molar-refractivity contribution is -0.123. The number of carbonyl (C=O) groups excluding carboxylic acids is 1. The first-order chi connectivity index (χ1) is 9.94. The van der Waals surface area contributed by atoms with Crippen LogP contribution >= 0.6 is 11.6 Å². The minimum atomic E-state index is -2.88. The number of sulfone groups is 1. The quantitative estimate of drug-likeness (QED) is 0.925. The normalized spacial score (nSPS) is 28.0. The van der Waals surface area contributed by atoms with Crippen molar-refractivity contribution >= 4 is 27.3 Å². The Bertz CT molecular complexity index is 627. The minimum Gasteiger partial charge on any atom is -0.353 e. The van der Waals surface area contributed by atoms with E-state index in [1.807, 2.05) is 24.3 Å². The third-order valence-electron chi connectivity index (χ3n) is 4.33. The summed E-state index contributed by atoms with van der Waals surface area (Å²) < 4.78 is 22.7. The summed E-state index contributed by atoms with van der Waals surface area (Å²) in [7, 11) is -2.88. The van der Waals surface area contributed by atoms with Crippen LogP contribution in [0.25, 0.3) is 0 Å². The molecular weight excluding hydrogens is 310 g/mol. The molecular formula is C15H18ClNO3S. The SMILES string of the molecule is O=C(NC1CCS(=O)(=O)CC1)[C@H]1C[C@@H]1c1ccc(Cl)cc1. The van der Waals surface area contributed by atoms with Crippen molar-refractivity contribution in [3.05, 3.63) is 34.9 Å². The molecule has 4 nitrogen and oxygen atoms in total. The van der Waals surface area contributed by atoms with E-state index >= 15 is 0 Å². The van der Waals surface area contributed by atoms with Crippen molar-refractivity contribution in [1.82, 2.24) is 5.32 Å². The standard InChI is InChI=1S/C15H18ClNO3S/c16-11-3-1-10(2-4-11)13-9-14(13)15(18)17-12-5-7-21(19,20)8-6-12/h1-4,12-14H,5-9H2,(H,17,18)/t13-,14+/m1/s1. The van der Waals surface area contributed by atoms with Crippen LogP contribution in [0.2, 0.25) is 5.02 Å². The summed E-state index contributed by atoms with van der Waals surface area (Å²) in [5, 5.41) is 3.70. The minimum absolute atomic E-state index is 0.00694. The van der Waals surface area contributed by atoms with Crippen LogP contribution in [0.1, 0.15) is 30.7 Å². The second kappa shape index (κ2) is 5.61. The van der Waals surface area contributed by atoms with E-state index < -0.39 is 9.84 Å². The van der Waals surface area contributed by atoms with Gasteiger partial charge in [0.25, 0.3) is 0 Å². The average molecular weight is 328 g/mol. The van der Waals surface area contributed by atoms with Gasteiger partial charge < -0.3 is 5.32 Å². The summed E-state index contributed by atoms with van der Waals surface area (Å²) in [6, 6.07) is 7.63. The first-order valence-corrected chi connectivity index (χ1v) is 9.41. The van der Waals surface area contributed by atoms with E-state index in [-0.39, 0.29) is 35.3 Å². The van der Waals surface area contributed by atoms with Gasteiger partial charge in [-0.1, -0.05) is 23.7 Å². The van der Waals surface area contributed by atoms with Gasteiger partial charge in [-0.3, -0.25) is 4.79 Å². The molecule has 1 aromatic carbocycles. The van der Waals surface area contributed by atoms with Gasteiger partial charge >= 0.3 is 0 Å². The van der Waals surface area contributed by atoms with Crippen molar-refractivity contribution < 1.29 is 13.2 Å². The smallest absolute Gasteiger partial charge is 0.223 e. The van der Waals surface area contributed by atoms with Crippen LogP contribution in [0.3, 0.4) is 0 Å². The van der Waals surface area contributed by atoms with Gasteiger partial charge in [-0.2, -0.15) is 0 Å². The Morgan fingerprint density at radius 1 is 1.14 bits per heavy atom. The predicted octanol–water partition coefficient (Wildman–Crippen LogP) is 2.14. The number of nitrogens with one attached hydrogen (secondary N) is 1. The molecule has 0 radical (unpaired) electrons. The van der Waals surface area contributed by atoms with Crippen LogP contribution in [0.5, 0.6) is 0 Å². The first-order valence-electron chi connectivity index (χ1n) is 7.21. The van der Waals surface area contributed by atoms with Crippen molar-refractivity contribution in [2.75, 3.05) is 11.5 Å². The fourth-order valence-electron chi connectivity index (χ4n) is 2.91. The molecule has 2 fully saturated rings. The zero-order valence-corrected chi connectivity index (χ0v) is 13.2. The predicted molar refractivity (Wildman–Crippen MR) is 82.1 cm³/mol. The van der Waals surface area contributed by atoms with Gasteiger partial charge in [0.1, 0.15) is 9.84 Å². The Balaban J connectivity index is 1.53. The molecule has 1 saturated heterocycles. The Morgan fingerprint density at radius 3 is 2.38 bits per heavy atom. The maximum Gasteiger partial charge on any atom is 0.223 e. The van der Waals surface area contributed by atoms with Crippen LogP contribution < -0.4 is 5.32 Å². The molecule has 2 atom stereocenters. The molecule has 1 aliphatic heterocycles. The topological polar surface area (TPSA) is 63.2 Å². The molecule has 1 N–H and O–H groups in total. The van der Waals surface area contributed by atoms with Crippen molar-refractivity contribution in [2.45, 2.75) is 31.2 Å². The maximum absolute atomic E-state index is 12.2. The van der Waals surface area contributed by atoms with Crippen LogP contribution in [-0.4, -0.2) is 31.9 Å². The molecule has 1 saturated carbocycles. The number of amides is 1. The van der Waals surface area contributed by atoms with Gasteiger partial charge in [0.2, 0.25) is 5.91 Å². The highest BCUT2D eigenvalue weighted by atomic mass is 35.5. The van der Waals surface area contributed by atoms with E-state index in [0.29, 0.717) is 17.9 Å². The third kappa shape index (κ3) is 3.58. The largest absolute Gasteiger partial charge is 0.353 e. The highest BCUT2D eigenvalue weighted by Gasteiger charge is 2.44. The molecule has 1 heterocycles. The molecule has 21 heavy (non-hydrogen) atoms. The summed E-state index contributed by atoms with van der Waals surface area (Å²) in [6.07, 6.45) is 1.93. The first kappa shape index (κ1) is 14.9. The van der Waals surface area contributed by atoms with E-state index in [0.717, 1.165) is 12.0 Å². The molecule has 2 aliphatic rings. The number of benzene rings is 1. The van der Waals surface area contributed by atoms with Crippen molar-refractivity contribution in [3.8, 4) is 0 Å². The summed E-state index contributed by atoms with van der Waals surface area (Å²) in [4.78, 5) is 12.2. The van der Waals surface area contributed by atoms with Crippen LogP contribution in [0.4, 0.5) is 0 Å². The number of halogens is 1. The number of rotatable bonds is 3. The number of carbonyl (C=O) groups is 1. The fourth-order valence-corrected chi connectivity index (χ4v) is 4.52. The van der Waals surface area contributed by atoms with Gasteiger partial charge in [0, 0.05) is 17.0 Å². The molecule has 0 unspecified atom stereocenters. The Morgan fingerprint density at radius 2 is 1.76 bits per heavy atom. The Labute approximate surface area is 129 Å². The van der Waals surface area contributed by atoms with Crippen molar-refractivity contribution in [1.29, 1.82) is 0 Å². The fraction of sp³-hybridized carbons (Fsp3) is 0.533. The number of hydrogen-bond donors (Lipinski definition) is 1. The molecule has 1 amide bonds. The second-order valence-corrected chi connectivity index (χ2v) is 8.67. The number of hydrogen-bond acceptors (Lipinski definition) is 3. The second-order valence-electron chi connectivity index (χ2n) is 5.93. The molecule has 1 aromatic rings. The Kier molecular flexibility index (Phi) is 3.97. The average Bonchev–Trinajstić information content (AvgIpc) is 3.22. The van der Waals surface area contributed by atoms with Crippen LogP contribution in [0.15, 0.2) is 24.3 Å². The molecule has 6 heteroatoms. The lowest BCUT2D eigenvalue weighted by Crippen LogP contribution is -2.41. The van der Waals surface area contributed by atoms with E-state index in [1.54, 1.807) is 0 Å². The van der Waals surface area contributed by atoms with Gasteiger partial charge in [-0.25, -0.2) is 8.42 Å². The monoisotopic (exact) mass is 327 g/mol. The highest BCUT2D eigenvalue weighted by Crippen LogP contribution is 2.47. The molecule has 1 aliphatic carbocycles. The summed E-state index contributed by atoms with van der Waals surface area (Å²) >= 11 is 5.86. The molecule has 3 rings (SSSR count). The molecule has 0 bridgehead atoms. The summed E-state index contributed by atoms with van der Waals surface area (Å²) in [5.74, 6) is 0.713. The van der Waals surface area contributed by atoms with E-state index in [9.17, 15) is 13.2 Å². The zero-order chi connectivity index (χ0) is 15.0. The maximum atomic E-state index is 12.2. The molecule has 0 spiro atoms.